The highest BCUT2D eigenvalue weighted by Gasteiger charge is 2.25. The molecule has 0 N–H and O–H groups in total. The van der Waals surface area contributed by atoms with Crippen LogP contribution in [0.15, 0.2) is 52.5 Å². The molecule has 0 radical (unpaired) electrons. The molecule has 0 bridgehead atoms. The SMILES string of the molecule is COc1cc(/C=C2/C=C(c3ccc(Br)cc3)OC2=O)c([N+](=O)[O-])cc1OC. The van der Waals surface area contributed by atoms with Crippen molar-refractivity contribution in [3.05, 3.63) is 73.8 Å². The van der Waals surface area contributed by atoms with Crippen LogP contribution in [0.4, 0.5) is 5.69 Å². The number of carbonyl (C=O) groups excluding carboxylic acids is 1. The molecule has 1 heterocycles. The van der Waals surface area contributed by atoms with E-state index in [4.69, 9.17) is 14.2 Å². The van der Waals surface area contributed by atoms with Gasteiger partial charge in [-0.05, 0) is 30.4 Å². The largest absolute Gasteiger partial charge is 0.493 e. The van der Waals surface area contributed by atoms with Gasteiger partial charge in [-0.25, -0.2) is 4.79 Å². The number of nitro benzene ring substituents is 1. The number of esters is 1. The molecule has 27 heavy (non-hydrogen) atoms. The van der Waals surface area contributed by atoms with Gasteiger partial charge in [0.25, 0.3) is 5.69 Å². The fourth-order valence-corrected chi connectivity index (χ4v) is 2.83. The van der Waals surface area contributed by atoms with E-state index in [0.29, 0.717) is 11.5 Å². The summed E-state index contributed by atoms with van der Waals surface area (Å²) in [7, 11) is 2.82. The summed E-state index contributed by atoms with van der Waals surface area (Å²) in [6, 6.07) is 9.94. The van der Waals surface area contributed by atoms with E-state index in [2.05, 4.69) is 15.9 Å². The van der Waals surface area contributed by atoms with Crippen molar-refractivity contribution in [2.75, 3.05) is 14.2 Å². The molecule has 1 aliphatic heterocycles. The van der Waals surface area contributed by atoms with Crippen molar-refractivity contribution in [2.45, 2.75) is 0 Å². The number of halogens is 1. The van der Waals surface area contributed by atoms with Gasteiger partial charge < -0.3 is 14.2 Å². The van der Waals surface area contributed by atoms with E-state index < -0.39 is 10.9 Å². The second-order valence-electron chi connectivity index (χ2n) is 5.53. The maximum atomic E-state index is 12.2. The molecule has 138 valence electrons. The average molecular weight is 432 g/mol. The monoisotopic (exact) mass is 431 g/mol. The number of cyclic esters (lactones) is 1. The lowest BCUT2D eigenvalue weighted by Gasteiger charge is -2.08. The van der Waals surface area contributed by atoms with Crippen LogP contribution >= 0.6 is 15.9 Å². The molecule has 1 aliphatic rings. The predicted octanol–water partition coefficient (Wildman–Crippen LogP) is 4.36. The van der Waals surface area contributed by atoms with E-state index in [1.165, 1.54) is 32.4 Å². The van der Waals surface area contributed by atoms with E-state index >= 15 is 0 Å². The molecule has 2 aromatic rings. The van der Waals surface area contributed by atoms with E-state index in [-0.39, 0.29) is 22.6 Å². The fourth-order valence-electron chi connectivity index (χ4n) is 2.57. The lowest BCUT2D eigenvalue weighted by molar-refractivity contribution is -0.385. The summed E-state index contributed by atoms with van der Waals surface area (Å²) in [5.74, 6) is 0.337. The molecule has 0 fully saturated rings. The number of nitro groups is 1. The highest BCUT2D eigenvalue weighted by atomic mass is 79.9. The maximum absolute atomic E-state index is 12.2. The Kier molecular flexibility index (Phi) is 5.27. The van der Waals surface area contributed by atoms with Crippen molar-refractivity contribution < 1.29 is 23.9 Å². The van der Waals surface area contributed by atoms with Crippen LogP contribution in [0.1, 0.15) is 11.1 Å². The van der Waals surface area contributed by atoms with Gasteiger partial charge in [-0.15, -0.1) is 0 Å². The summed E-state index contributed by atoms with van der Waals surface area (Å²) in [4.78, 5) is 23.1. The Hall–Kier alpha value is -3.13. The molecule has 2 aromatic carbocycles. The lowest BCUT2D eigenvalue weighted by atomic mass is 10.1. The van der Waals surface area contributed by atoms with Crippen LogP contribution in [0.2, 0.25) is 0 Å². The second-order valence-corrected chi connectivity index (χ2v) is 6.44. The van der Waals surface area contributed by atoms with E-state index in [1.54, 1.807) is 18.2 Å². The Morgan fingerprint density at radius 3 is 2.33 bits per heavy atom. The molecule has 0 spiro atoms. The van der Waals surface area contributed by atoms with Crippen LogP contribution < -0.4 is 9.47 Å². The van der Waals surface area contributed by atoms with Gasteiger partial charge in [0.1, 0.15) is 5.76 Å². The number of nitrogens with zero attached hydrogens (tertiary/aromatic N) is 1. The zero-order chi connectivity index (χ0) is 19.6. The number of methoxy groups -OCH3 is 2. The van der Waals surface area contributed by atoms with Crippen LogP contribution in [-0.4, -0.2) is 25.1 Å². The first-order valence-electron chi connectivity index (χ1n) is 7.75. The van der Waals surface area contributed by atoms with Gasteiger partial charge in [-0.2, -0.15) is 0 Å². The third-order valence-electron chi connectivity index (χ3n) is 3.89. The maximum Gasteiger partial charge on any atom is 0.343 e. The zero-order valence-electron chi connectivity index (χ0n) is 14.4. The van der Waals surface area contributed by atoms with Gasteiger partial charge in [0.2, 0.25) is 0 Å². The number of benzene rings is 2. The standard InChI is InChI=1S/C19H14BrNO6/c1-25-17-8-12(15(21(23)24)10-18(17)26-2)7-13-9-16(27-19(13)22)11-3-5-14(20)6-4-11/h3-10H,1-2H3/b13-7-. The Morgan fingerprint density at radius 1 is 1.11 bits per heavy atom. The Balaban J connectivity index is 2.06. The third-order valence-corrected chi connectivity index (χ3v) is 4.42. The van der Waals surface area contributed by atoms with Gasteiger partial charge in [-0.1, -0.05) is 28.1 Å². The van der Waals surface area contributed by atoms with Gasteiger partial charge in [0.15, 0.2) is 11.5 Å². The van der Waals surface area contributed by atoms with Gasteiger partial charge >= 0.3 is 5.97 Å². The van der Waals surface area contributed by atoms with Crippen molar-refractivity contribution in [1.82, 2.24) is 0 Å². The van der Waals surface area contributed by atoms with Crippen LogP contribution in [0.25, 0.3) is 11.8 Å². The van der Waals surface area contributed by atoms with Crippen LogP contribution in [0.3, 0.4) is 0 Å². The third kappa shape index (κ3) is 3.85. The quantitative estimate of drug-likeness (QED) is 0.302. The molecule has 0 amide bonds. The number of carbonyl (C=O) groups is 1. The summed E-state index contributed by atoms with van der Waals surface area (Å²) in [5, 5.41) is 11.4. The molecule has 3 rings (SSSR count). The Bertz CT molecular complexity index is 978. The summed E-state index contributed by atoms with van der Waals surface area (Å²) < 4.78 is 16.5. The normalized spacial score (nSPS) is 14.7. The molecular formula is C19H14BrNO6. The summed E-state index contributed by atoms with van der Waals surface area (Å²) in [5.41, 5.74) is 0.913. The van der Waals surface area contributed by atoms with Crippen LogP contribution in [-0.2, 0) is 9.53 Å². The minimum Gasteiger partial charge on any atom is -0.493 e. The Labute approximate surface area is 163 Å². The zero-order valence-corrected chi connectivity index (χ0v) is 16.0. The fraction of sp³-hybridized carbons (Fsp3) is 0.105. The summed E-state index contributed by atoms with van der Waals surface area (Å²) in [6.07, 6.45) is 2.94. The van der Waals surface area contributed by atoms with Crippen molar-refractivity contribution in [3.63, 3.8) is 0 Å². The molecule has 7 nitrogen and oxygen atoms in total. The van der Waals surface area contributed by atoms with Crippen molar-refractivity contribution in [3.8, 4) is 11.5 Å². The number of rotatable bonds is 5. The van der Waals surface area contributed by atoms with Gasteiger partial charge in [0.05, 0.1) is 36.3 Å². The van der Waals surface area contributed by atoms with Crippen LogP contribution in [0.5, 0.6) is 11.5 Å². The topological polar surface area (TPSA) is 87.9 Å². The highest BCUT2D eigenvalue weighted by molar-refractivity contribution is 9.10. The number of ether oxygens (including phenoxy) is 3. The molecule has 0 atom stereocenters. The second kappa shape index (κ2) is 7.63. The average Bonchev–Trinajstić information content (AvgIpc) is 3.02. The van der Waals surface area contributed by atoms with Crippen molar-refractivity contribution in [1.29, 1.82) is 0 Å². The number of hydrogen-bond acceptors (Lipinski definition) is 6. The first kappa shape index (κ1) is 18.7. The smallest absolute Gasteiger partial charge is 0.343 e. The van der Waals surface area contributed by atoms with Gasteiger partial charge in [0, 0.05) is 10.0 Å². The molecule has 8 heteroatoms. The molecule has 0 saturated heterocycles. The van der Waals surface area contributed by atoms with Crippen molar-refractivity contribution >= 4 is 39.4 Å². The minimum atomic E-state index is -0.586. The summed E-state index contributed by atoms with van der Waals surface area (Å²) >= 11 is 3.34. The van der Waals surface area contributed by atoms with Crippen molar-refractivity contribution in [2.24, 2.45) is 0 Å². The molecule has 0 aliphatic carbocycles. The lowest BCUT2D eigenvalue weighted by Crippen LogP contribution is -1.99. The first-order valence-corrected chi connectivity index (χ1v) is 8.54. The van der Waals surface area contributed by atoms with Gasteiger partial charge in [-0.3, -0.25) is 10.1 Å². The minimum absolute atomic E-state index is 0.197. The van der Waals surface area contributed by atoms with E-state index in [1.807, 2.05) is 12.1 Å². The predicted molar refractivity (Wildman–Crippen MR) is 102 cm³/mol. The molecule has 0 unspecified atom stereocenters. The molecule has 0 saturated carbocycles. The molecule has 0 aromatic heterocycles. The highest BCUT2D eigenvalue weighted by Crippen LogP contribution is 2.37. The van der Waals surface area contributed by atoms with E-state index in [9.17, 15) is 14.9 Å². The Morgan fingerprint density at radius 2 is 1.74 bits per heavy atom. The van der Waals surface area contributed by atoms with E-state index in [0.717, 1.165) is 10.0 Å². The van der Waals surface area contributed by atoms with Crippen LogP contribution in [0, 0.1) is 10.1 Å². The number of hydrogen-bond donors (Lipinski definition) is 0. The summed E-state index contributed by atoms with van der Waals surface area (Å²) in [6.45, 7) is 0. The first-order chi connectivity index (χ1) is 12.9. The molecular weight excluding hydrogens is 418 g/mol.